The third-order valence-corrected chi connectivity index (χ3v) is 6.18. The summed E-state index contributed by atoms with van der Waals surface area (Å²) in [6, 6.07) is 19.8. The van der Waals surface area contributed by atoms with Crippen molar-refractivity contribution < 1.29 is 14.4 Å². The molecule has 0 saturated carbocycles. The molecule has 0 unspecified atom stereocenters. The van der Waals surface area contributed by atoms with E-state index in [-0.39, 0.29) is 18.4 Å². The van der Waals surface area contributed by atoms with Crippen LogP contribution in [0.1, 0.15) is 45.7 Å². The number of rotatable bonds is 8. The second kappa shape index (κ2) is 11.9. The Hall–Kier alpha value is -4.49. The smallest absolute Gasteiger partial charge is 0.256 e. The second-order valence-electron chi connectivity index (χ2n) is 9.40. The van der Waals surface area contributed by atoms with Crippen molar-refractivity contribution in [3.8, 4) is 11.3 Å². The van der Waals surface area contributed by atoms with Gasteiger partial charge >= 0.3 is 0 Å². The summed E-state index contributed by atoms with van der Waals surface area (Å²) in [7, 11) is 0. The van der Waals surface area contributed by atoms with Crippen LogP contribution in [-0.2, 0) is 4.84 Å². The van der Waals surface area contributed by atoms with E-state index in [9.17, 15) is 9.59 Å². The molecular formula is C31H29ClN4O3. The summed E-state index contributed by atoms with van der Waals surface area (Å²) < 4.78 is 0. The number of amides is 2. The molecule has 0 spiro atoms. The molecule has 7 nitrogen and oxygen atoms in total. The van der Waals surface area contributed by atoms with Crippen molar-refractivity contribution in [2.45, 2.75) is 27.7 Å². The topological polar surface area (TPSA) is 92.7 Å². The predicted molar refractivity (Wildman–Crippen MR) is 157 cm³/mol. The van der Waals surface area contributed by atoms with Crippen LogP contribution in [0.3, 0.4) is 0 Å². The highest BCUT2D eigenvalue weighted by Crippen LogP contribution is 2.32. The first-order valence-corrected chi connectivity index (χ1v) is 12.7. The van der Waals surface area contributed by atoms with Crippen LogP contribution in [0.15, 0.2) is 84.2 Å². The zero-order valence-electron chi connectivity index (χ0n) is 22.3. The Kier molecular flexibility index (Phi) is 8.42. The second-order valence-corrected chi connectivity index (χ2v) is 9.80. The van der Waals surface area contributed by atoms with E-state index in [4.69, 9.17) is 21.4 Å². The Morgan fingerprint density at radius 2 is 1.72 bits per heavy atom. The van der Waals surface area contributed by atoms with Crippen molar-refractivity contribution in [2.75, 3.05) is 11.9 Å². The monoisotopic (exact) mass is 540 g/mol. The molecule has 4 aromatic rings. The van der Waals surface area contributed by atoms with Crippen LogP contribution in [0.2, 0.25) is 5.02 Å². The fraction of sp³-hybridized carbons (Fsp3) is 0.161. The minimum Gasteiger partial charge on any atom is -0.360 e. The number of carbonyl (C=O) groups excluding carboxylic acids is 2. The van der Waals surface area contributed by atoms with Crippen LogP contribution in [0.4, 0.5) is 5.69 Å². The number of aromatic nitrogens is 1. The summed E-state index contributed by atoms with van der Waals surface area (Å²) in [6.07, 6.45) is 0. The lowest BCUT2D eigenvalue weighted by Crippen LogP contribution is -2.25. The standard InChI is InChI=1S/C31H29ClN4O3/c1-18(2)36-39-21(5)17-33-30(37)22-10-12-23(13-11-22)34-31(38)26-16-28(24-8-6-7-9-27(24)32)35-29-20(4)14-19(3)15-25(26)29/h6-16H,5,17H2,1-4H3,(H,33,37)(H,34,38). The molecule has 198 valence electrons. The summed E-state index contributed by atoms with van der Waals surface area (Å²) in [5, 5.41) is 10.8. The van der Waals surface area contributed by atoms with E-state index in [2.05, 4.69) is 22.4 Å². The van der Waals surface area contributed by atoms with Gasteiger partial charge in [-0.2, -0.15) is 0 Å². The number of aryl methyl sites for hydroxylation is 2. The molecule has 0 aliphatic heterocycles. The highest BCUT2D eigenvalue weighted by Gasteiger charge is 2.17. The minimum absolute atomic E-state index is 0.121. The van der Waals surface area contributed by atoms with Gasteiger partial charge in [0.2, 0.25) is 0 Å². The van der Waals surface area contributed by atoms with Gasteiger partial charge in [0.05, 0.1) is 29.0 Å². The maximum atomic E-state index is 13.5. The number of pyridine rings is 1. The summed E-state index contributed by atoms with van der Waals surface area (Å²) in [5.41, 5.74) is 6.29. The number of hydrogen-bond donors (Lipinski definition) is 2. The molecule has 0 bridgehead atoms. The number of nitrogens with one attached hydrogen (secondary N) is 2. The summed E-state index contributed by atoms with van der Waals surface area (Å²) >= 11 is 6.45. The van der Waals surface area contributed by atoms with E-state index in [0.717, 1.165) is 33.3 Å². The first-order chi connectivity index (χ1) is 18.6. The Bertz CT molecular complexity index is 1610. The molecule has 0 radical (unpaired) electrons. The van der Waals surface area contributed by atoms with Crippen molar-refractivity contribution in [3.63, 3.8) is 0 Å². The third-order valence-electron chi connectivity index (χ3n) is 5.85. The van der Waals surface area contributed by atoms with Crippen molar-refractivity contribution >= 4 is 45.7 Å². The average molecular weight is 541 g/mol. The van der Waals surface area contributed by atoms with E-state index < -0.39 is 0 Å². The number of fused-ring (bicyclic) bond motifs is 1. The lowest BCUT2D eigenvalue weighted by Gasteiger charge is -2.14. The van der Waals surface area contributed by atoms with Gasteiger partial charge in [-0.3, -0.25) is 9.59 Å². The Balaban J connectivity index is 1.57. The summed E-state index contributed by atoms with van der Waals surface area (Å²) in [4.78, 5) is 36.0. The first-order valence-electron chi connectivity index (χ1n) is 12.3. The van der Waals surface area contributed by atoms with Crippen molar-refractivity contribution in [1.82, 2.24) is 10.3 Å². The molecular weight excluding hydrogens is 512 g/mol. The fourth-order valence-corrected chi connectivity index (χ4v) is 4.28. The Morgan fingerprint density at radius 1 is 1.00 bits per heavy atom. The molecule has 1 heterocycles. The molecule has 0 aliphatic carbocycles. The lowest BCUT2D eigenvalue weighted by atomic mass is 9.99. The number of nitrogens with zero attached hydrogens (tertiary/aromatic N) is 2. The number of anilines is 1. The Labute approximate surface area is 232 Å². The van der Waals surface area contributed by atoms with Crippen molar-refractivity contribution in [1.29, 1.82) is 0 Å². The minimum atomic E-state index is -0.301. The molecule has 1 aromatic heterocycles. The molecule has 8 heteroatoms. The van der Waals surface area contributed by atoms with Gasteiger partial charge in [-0.1, -0.05) is 53.2 Å². The van der Waals surface area contributed by atoms with Crippen LogP contribution in [-0.4, -0.2) is 29.1 Å². The average Bonchev–Trinajstić information content (AvgIpc) is 2.90. The van der Waals surface area contributed by atoms with E-state index in [1.165, 1.54) is 0 Å². The van der Waals surface area contributed by atoms with Crippen LogP contribution in [0, 0.1) is 13.8 Å². The molecule has 2 N–H and O–H groups in total. The predicted octanol–water partition coefficient (Wildman–Crippen LogP) is 7.08. The maximum absolute atomic E-state index is 13.5. The highest BCUT2D eigenvalue weighted by molar-refractivity contribution is 6.33. The summed E-state index contributed by atoms with van der Waals surface area (Å²) in [6.45, 7) is 11.4. The van der Waals surface area contributed by atoms with E-state index in [1.54, 1.807) is 50.2 Å². The van der Waals surface area contributed by atoms with Crippen molar-refractivity contribution in [3.05, 3.63) is 106 Å². The number of oxime groups is 1. The maximum Gasteiger partial charge on any atom is 0.256 e. The molecule has 0 aliphatic rings. The zero-order valence-corrected chi connectivity index (χ0v) is 23.0. The molecule has 0 atom stereocenters. The van der Waals surface area contributed by atoms with Crippen LogP contribution in [0.5, 0.6) is 0 Å². The van der Waals surface area contributed by atoms with Gasteiger partial charge < -0.3 is 15.5 Å². The largest absolute Gasteiger partial charge is 0.360 e. The van der Waals surface area contributed by atoms with E-state index in [0.29, 0.717) is 33.3 Å². The molecule has 4 rings (SSSR count). The Morgan fingerprint density at radius 3 is 2.41 bits per heavy atom. The van der Waals surface area contributed by atoms with E-state index >= 15 is 0 Å². The molecule has 39 heavy (non-hydrogen) atoms. The van der Waals surface area contributed by atoms with Gasteiger partial charge in [0.15, 0.2) is 0 Å². The molecule has 2 amide bonds. The fourth-order valence-electron chi connectivity index (χ4n) is 4.05. The van der Waals surface area contributed by atoms with Gasteiger partial charge in [-0.25, -0.2) is 4.98 Å². The molecule has 3 aromatic carbocycles. The van der Waals surface area contributed by atoms with E-state index in [1.807, 2.05) is 44.2 Å². The van der Waals surface area contributed by atoms with Gasteiger partial charge in [0.1, 0.15) is 5.76 Å². The number of benzene rings is 3. The zero-order chi connectivity index (χ0) is 28.1. The van der Waals surface area contributed by atoms with Crippen LogP contribution in [0.25, 0.3) is 22.2 Å². The SMILES string of the molecule is C=C(CNC(=O)c1ccc(NC(=O)c2cc(-c3ccccc3Cl)nc3c(C)cc(C)cc23)cc1)ON=C(C)C. The number of carbonyl (C=O) groups is 2. The number of halogens is 1. The quantitative estimate of drug-likeness (QED) is 0.142. The van der Waals surface area contributed by atoms with Gasteiger partial charge in [-0.15, -0.1) is 0 Å². The molecule has 0 saturated heterocycles. The highest BCUT2D eigenvalue weighted by atomic mass is 35.5. The molecule has 0 fully saturated rings. The normalized spacial score (nSPS) is 10.6. The first kappa shape index (κ1) is 27.5. The third kappa shape index (κ3) is 6.69. The summed E-state index contributed by atoms with van der Waals surface area (Å²) in [5.74, 6) is -0.275. The van der Waals surface area contributed by atoms with Gasteiger partial charge in [0, 0.05) is 27.2 Å². The van der Waals surface area contributed by atoms with Gasteiger partial charge in [0.25, 0.3) is 11.8 Å². The van der Waals surface area contributed by atoms with Crippen LogP contribution < -0.4 is 10.6 Å². The number of hydrogen-bond acceptors (Lipinski definition) is 5. The lowest BCUT2D eigenvalue weighted by molar-refractivity contribution is 0.0947. The van der Waals surface area contributed by atoms with Gasteiger partial charge in [-0.05, 0) is 75.7 Å². The van der Waals surface area contributed by atoms with Crippen molar-refractivity contribution in [2.24, 2.45) is 5.16 Å². The van der Waals surface area contributed by atoms with Crippen LogP contribution >= 0.6 is 11.6 Å².